The Labute approximate surface area is 107 Å². The van der Waals surface area contributed by atoms with E-state index in [1.54, 1.807) is 0 Å². The van der Waals surface area contributed by atoms with Crippen molar-refractivity contribution in [1.29, 1.82) is 0 Å². The molecule has 2 rings (SSSR count). The van der Waals surface area contributed by atoms with Crippen molar-refractivity contribution < 1.29 is 8.42 Å². The highest BCUT2D eigenvalue weighted by atomic mass is 32.2. The number of rotatable bonds is 5. The summed E-state index contributed by atoms with van der Waals surface area (Å²) in [5.41, 5.74) is 0. The Balaban J connectivity index is 1.83. The molecule has 1 aromatic rings. The van der Waals surface area contributed by atoms with Gasteiger partial charge in [-0.2, -0.15) is 0 Å². The first-order valence-corrected chi connectivity index (χ1v) is 7.50. The van der Waals surface area contributed by atoms with Gasteiger partial charge in [0.05, 0.1) is 11.9 Å². The van der Waals surface area contributed by atoms with Gasteiger partial charge in [0.1, 0.15) is 0 Å². The molecule has 100 valence electrons. The normalized spacial score (nSPS) is 17.6. The second-order valence-electron chi connectivity index (χ2n) is 4.10. The quantitative estimate of drug-likeness (QED) is 0.723. The maximum atomic E-state index is 11.8. The molecule has 1 aliphatic rings. The lowest BCUT2D eigenvalue weighted by Crippen LogP contribution is -2.45. The molecule has 0 atom stereocenters. The molecule has 7 nitrogen and oxygen atoms in total. The van der Waals surface area contributed by atoms with Crippen molar-refractivity contribution in [2.75, 3.05) is 43.2 Å². The largest absolute Gasteiger partial charge is 0.314 e. The molecule has 0 bridgehead atoms. The maximum Gasteiger partial charge on any atom is 0.235 e. The van der Waals surface area contributed by atoms with Crippen molar-refractivity contribution in [2.45, 2.75) is 0 Å². The van der Waals surface area contributed by atoms with Gasteiger partial charge in [-0.15, -0.1) is 0 Å². The monoisotopic (exact) mass is 271 g/mol. The summed E-state index contributed by atoms with van der Waals surface area (Å²) < 4.78 is 26.1. The fourth-order valence-corrected chi connectivity index (χ4v) is 2.77. The van der Waals surface area contributed by atoms with Gasteiger partial charge in [0.15, 0.2) is 5.82 Å². The van der Waals surface area contributed by atoms with E-state index in [4.69, 9.17) is 0 Å². The lowest BCUT2D eigenvalue weighted by Gasteiger charge is -2.26. The van der Waals surface area contributed by atoms with Gasteiger partial charge in [-0.25, -0.2) is 13.4 Å². The van der Waals surface area contributed by atoms with E-state index in [0.29, 0.717) is 6.54 Å². The molecule has 0 aromatic carbocycles. The smallest absolute Gasteiger partial charge is 0.235 e. The van der Waals surface area contributed by atoms with Gasteiger partial charge in [-0.1, -0.05) is 0 Å². The molecule has 0 amide bonds. The molecule has 0 spiro atoms. The van der Waals surface area contributed by atoms with Gasteiger partial charge < -0.3 is 5.32 Å². The van der Waals surface area contributed by atoms with Crippen molar-refractivity contribution in [3.05, 3.63) is 18.6 Å². The van der Waals surface area contributed by atoms with Crippen molar-refractivity contribution in [3.8, 4) is 0 Å². The molecule has 8 heteroatoms. The van der Waals surface area contributed by atoms with E-state index in [0.717, 1.165) is 26.2 Å². The lowest BCUT2D eigenvalue weighted by atomic mass is 10.4. The molecule has 0 unspecified atom stereocenters. The summed E-state index contributed by atoms with van der Waals surface area (Å²) in [4.78, 5) is 9.82. The summed E-state index contributed by atoms with van der Waals surface area (Å²) in [6.45, 7) is 4.15. The second-order valence-corrected chi connectivity index (χ2v) is 5.95. The van der Waals surface area contributed by atoms with Crippen LogP contribution in [0.25, 0.3) is 0 Å². The molecule has 0 saturated carbocycles. The molecule has 1 fully saturated rings. The molecule has 2 heterocycles. The first-order valence-electron chi connectivity index (χ1n) is 5.85. The maximum absolute atomic E-state index is 11.8. The molecule has 1 saturated heterocycles. The van der Waals surface area contributed by atoms with Crippen LogP contribution in [0.3, 0.4) is 0 Å². The van der Waals surface area contributed by atoms with Crippen molar-refractivity contribution in [3.63, 3.8) is 0 Å². The predicted molar refractivity (Wildman–Crippen MR) is 68.8 cm³/mol. The van der Waals surface area contributed by atoms with Crippen LogP contribution >= 0.6 is 0 Å². The standard InChI is InChI=1S/C10H17N5O2S/c16-18(17,14-10-9-12-1-2-13-10)8-7-15-5-3-11-4-6-15/h1-2,9,11H,3-8H2,(H,13,14). The third kappa shape index (κ3) is 4.21. The molecule has 0 radical (unpaired) electrons. The Bertz CT molecular complexity index is 458. The van der Waals surface area contributed by atoms with Gasteiger partial charge in [0, 0.05) is 45.1 Å². The number of piperazine rings is 1. The Kier molecular flexibility index (Phi) is 4.45. The second kappa shape index (κ2) is 6.07. The number of aromatic nitrogens is 2. The van der Waals surface area contributed by atoms with E-state index in [9.17, 15) is 8.42 Å². The van der Waals surface area contributed by atoms with Crippen LogP contribution < -0.4 is 10.0 Å². The molecule has 18 heavy (non-hydrogen) atoms. The highest BCUT2D eigenvalue weighted by Crippen LogP contribution is 2.03. The highest BCUT2D eigenvalue weighted by molar-refractivity contribution is 7.92. The summed E-state index contributed by atoms with van der Waals surface area (Å²) in [6, 6.07) is 0. The van der Waals surface area contributed by atoms with Crippen molar-refractivity contribution in [1.82, 2.24) is 20.2 Å². The average Bonchev–Trinajstić information content (AvgIpc) is 2.38. The van der Waals surface area contributed by atoms with Crippen LogP contribution in [-0.2, 0) is 10.0 Å². The molecule has 1 aliphatic heterocycles. The summed E-state index contributed by atoms with van der Waals surface area (Å²) in [6.07, 6.45) is 4.34. The van der Waals surface area contributed by atoms with E-state index in [1.165, 1.54) is 18.6 Å². The summed E-state index contributed by atoms with van der Waals surface area (Å²) in [5.74, 6) is 0.335. The van der Waals surface area contributed by atoms with E-state index >= 15 is 0 Å². The lowest BCUT2D eigenvalue weighted by molar-refractivity contribution is 0.254. The Hall–Kier alpha value is -1.25. The van der Waals surface area contributed by atoms with Crippen LogP contribution in [-0.4, -0.2) is 61.8 Å². The number of nitrogens with one attached hydrogen (secondary N) is 2. The fraction of sp³-hybridized carbons (Fsp3) is 0.600. The zero-order valence-electron chi connectivity index (χ0n) is 10.0. The van der Waals surface area contributed by atoms with Crippen molar-refractivity contribution >= 4 is 15.8 Å². The molecule has 1 aromatic heterocycles. The van der Waals surface area contributed by atoms with Gasteiger partial charge in [0.2, 0.25) is 10.0 Å². The number of anilines is 1. The number of nitrogens with zero attached hydrogens (tertiary/aromatic N) is 3. The van der Waals surface area contributed by atoms with Crippen LogP contribution in [0.2, 0.25) is 0 Å². The number of hydrogen-bond donors (Lipinski definition) is 2. The zero-order chi connectivity index (χ0) is 12.8. The van der Waals surface area contributed by atoms with Crippen molar-refractivity contribution in [2.24, 2.45) is 0 Å². The van der Waals surface area contributed by atoms with Crippen LogP contribution in [0.1, 0.15) is 0 Å². The third-order valence-electron chi connectivity index (χ3n) is 2.71. The number of hydrogen-bond acceptors (Lipinski definition) is 6. The molecular formula is C10H17N5O2S. The van der Waals surface area contributed by atoms with Gasteiger partial charge in [-0.3, -0.25) is 14.6 Å². The van der Waals surface area contributed by atoms with Crippen LogP contribution in [0.4, 0.5) is 5.82 Å². The van der Waals surface area contributed by atoms with E-state index in [1.807, 2.05) is 0 Å². The summed E-state index contributed by atoms with van der Waals surface area (Å²) >= 11 is 0. The van der Waals surface area contributed by atoms with Crippen LogP contribution in [0, 0.1) is 0 Å². The number of sulfonamides is 1. The van der Waals surface area contributed by atoms with E-state index in [2.05, 4.69) is 24.9 Å². The fourth-order valence-electron chi connectivity index (χ4n) is 1.75. The SMILES string of the molecule is O=S(=O)(CCN1CCNCC1)Nc1cnccn1. The first kappa shape index (κ1) is 13.2. The van der Waals surface area contributed by atoms with E-state index < -0.39 is 10.0 Å². The average molecular weight is 271 g/mol. The molecule has 2 N–H and O–H groups in total. The van der Waals surface area contributed by atoms with E-state index in [-0.39, 0.29) is 11.6 Å². The molecule has 0 aliphatic carbocycles. The Morgan fingerprint density at radius 3 is 2.78 bits per heavy atom. The summed E-state index contributed by atoms with van der Waals surface area (Å²) in [7, 11) is -3.35. The van der Waals surface area contributed by atoms with Crippen LogP contribution in [0.5, 0.6) is 0 Å². The van der Waals surface area contributed by atoms with Gasteiger partial charge >= 0.3 is 0 Å². The highest BCUT2D eigenvalue weighted by Gasteiger charge is 2.15. The first-order chi connectivity index (χ1) is 8.66. The minimum Gasteiger partial charge on any atom is -0.314 e. The summed E-state index contributed by atoms with van der Waals surface area (Å²) in [5, 5.41) is 3.23. The minimum atomic E-state index is -3.35. The Morgan fingerprint density at radius 1 is 1.33 bits per heavy atom. The topological polar surface area (TPSA) is 87.2 Å². The van der Waals surface area contributed by atoms with Gasteiger partial charge in [0.25, 0.3) is 0 Å². The van der Waals surface area contributed by atoms with Gasteiger partial charge in [-0.05, 0) is 0 Å². The minimum absolute atomic E-state index is 0.0730. The van der Waals surface area contributed by atoms with Crippen LogP contribution in [0.15, 0.2) is 18.6 Å². The predicted octanol–water partition coefficient (Wildman–Crippen LogP) is -0.876. The molecular weight excluding hydrogens is 254 g/mol. The zero-order valence-corrected chi connectivity index (χ0v) is 10.9. The third-order valence-corrected chi connectivity index (χ3v) is 3.95. The Morgan fingerprint density at radius 2 is 2.11 bits per heavy atom.